The maximum absolute atomic E-state index is 8.87. The second-order valence-electron chi connectivity index (χ2n) is 14.7. The van der Waals surface area contributed by atoms with Crippen LogP contribution in [0.3, 0.4) is 0 Å². The number of rotatable bonds is 8. The molecule has 0 unspecified atom stereocenters. The van der Waals surface area contributed by atoms with E-state index < -0.39 is 0 Å². The molecule has 0 amide bonds. The summed E-state index contributed by atoms with van der Waals surface area (Å²) in [6.45, 7) is 6.65. The highest BCUT2D eigenvalue weighted by atomic mass is 14.9. The van der Waals surface area contributed by atoms with Gasteiger partial charge in [0.15, 0.2) is 0 Å². The van der Waals surface area contributed by atoms with E-state index in [9.17, 15) is 0 Å². The molecule has 3 nitrogen and oxygen atoms in total. The Hall–Kier alpha value is -6.71. The summed E-state index contributed by atoms with van der Waals surface area (Å²) in [5, 5.41) is 18.5. The van der Waals surface area contributed by atoms with E-state index in [2.05, 4.69) is 183 Å². The van der Waals surface area contributed by atoms with E-state index in [1.54, 1.807) is 0 Å². The molecule has 1 aliphatic carbocycles. The Labute approximate surface area is 331 Å². The number of nitrogens with one attached hydrogen (secondary N) is 3. The number of para-hydroxylation sites is 1. The first-order valence-electron chi connectivity index (χ1n) is 19.6. The van der Waals surface area contributed by atoms with Crippen molar-refractivity contribution in [1.82, 2.24) is 0 Å². The zero-order valence-corrected chi connectivity index (χ0v) is 32.3. The lowest BCUT2D eigenvalue weighted by molar-refractivity contribution is 0.874. The molecule has 8 rings (SSSR count). The summed E-state index contributed by atoms with van der Waals surface area (Å²) < 4.78 is 0. The van der Waals surface area contributed by atoms with E-state index in [0.717, 1.165) is 63.3 Å². The van der Waals surface area contributed by atoms with Crippen LogP contribution in [0.1, 0.15) is 72.9 Å². The normalized spacial score (nSPS) is 15.9. The largest absolute Gasteiger partial charge is 0.361 e. The smallest absolute Gasteiger partial charge is 0.0481 e. The topological polar surface area (TPSA) is 47.9 Å². The van der Waals surface area contributed by atoms with Crippen LogP contribution in [0.4, 0.5) is 17.1 Å². The first-order chi connectivity index (χ1) is 27.5. The van der Waals surface area contributed by atoms with Crippen molar-refractivity contribution >= 4 is 57.3 Å². The molecule has 2 aliphatic rings. The van der Waals surface area contributed by atoms with Gasteiger partial charge in [-0.25, -0.2) is 0 Å². The van der Waals surface area contributed by atoms with E-state index in [4.69, 9.17) is 5.41 Å². The minimum atomic E-state index is 0.313. The van der Waals surface area contributed by atoms with Gasteiger partial charge < -0.3 is 16.0 Å². The van der Waals surface area contributed by atoms with Crippen molar-refractivity contribution in [3.8, 4) is 22.3 Å². The monoisotopic (exact) mass is 725 g/mol. The molecule has 0 atom stereocenters. The molecule has 274 valence electrons. The van der Waals surface area contributed by atoms with Crippen LogP contribution in [0.25, 0.3) is 56.3 Å². The molecular formula is C53H47N3. The van der Waals surface area contributed by atoms with Gasteiger partial charge in [-0.3, -0.25) is 0 Å². The first-order valence-corrected chi connectivity index (χ1v) is 19.6. The van der Waals surface area contributed by atoms with E-state index in [0.29, 0.717) is 5.92 Å². The van der Waals surface area contributed by atoms with E-state index in [-0.39, 0.29) is 0 Å². The van der Waals surface area contributed by atoms with Gasteiger partial charge in [0.25, 0.3) is 0 Å². The Bertz CT molecular complexity index is 2610. The Morgan fingerprint density at radius 3 is 2.20 bits per heavy atom. The molecule has 6 aromatic rings. The number of fused-ring (bicyclic) bond motifs is 5. The van der Waals surface area contributed by atoms with Crippen molar-refractivity contribution in [2.75, 3.05) is 10.6 Å². The number of anilines is 3. The van der Waals surface area contributed by atoms with E-state index in [1.807, 2.05) is 24.4 Å². The molecule has 6 aromatic carbocycles. The zero-order valence-electron chi connectivity index (χ0n) is 32.3. The third kappa shape index (κ3) is 7.37. The Balaban J connectivity index is 1.45. The lowest BCUT2D eigenvalue weighted by Crippen LogP contribution is -2.03. The van der Waals surface area contributed by atoms with Crippen LogP contribution in [-0.2, 0) is 0 Å². The van der Waals surface area contributed by atoms with Crippen LogP contribution in [0.15, 0.2) is 164 Å². The van der Waals surface area contributed by atoms with Gasteiger partial charge in [-0.15, -0.1) is 0 Å². The fourth-order valence-corrected chi connectivity index (χ4v) is 8.10. The molecule has 1 heterocycles. The first kappa shape index (κ1) is 36.3. The molecule has 0 radical (unpaired) electrons. The average molecular weight is 726 g/mol. The highest BCUT2D eigenvalue weighted by Crippen LogP contribution is 2.44. The lowest BCUT2D eigenvalue weighted by atomic mass is 9.84. The lowest BCUT2D eigenvalue weighted by Gasteiger charge is -2.22. The van der Waals surface area contributed by atoms with Crippen molar-refractivity contribution < 1.29 is 0 Å². The number of benzene rings is 6. The molecule has 0 aromatic heterocycles. The van der Waals surface area contributed by atoms with Gasteiger partial charge in [0.05, 0.1) is 0 Å². The van der Waals surface area contributed by atoms with Crippen LogP contribution in [0, 0.1) is 5.41 Å². The summed E-state index contributed by atoms with van der Waals surface area (Å²) in [4.78, 5) is 0. The molecule has 0 spiro atoms. The summed E-state index contributed by atoms with van der Waals surface area (Å²) in [6, 6.07) is 41.2. The summed E-state index contributed by atoms with van der Waals surface area (Å²) in [6.07, 6.45) is 25.6. The third-order valence-electron chi connectivity index (χ3n) is 10.7. The van der Waals surface area contributed by atoms with Crippen molar-refractivity contribution in [3.05, 3.63) is 197 Å². The van der Waals surface area contributed by atoms with Gasteiger partial charge >= 0.3 is 0 Å². The SMILES string of the molecule is C/C=C\c1ccc2c3c(ccc2c1C(C)C)-c1c(ccc(Nc2ccccc2)c1C=N)N/C=C/C=C\C(c1cc(C2=CCCC=C2)cc(-c2ccccc2)c1)=C/3. The molecule has 0 saturated carbocycles. The Morgan fingerprint density at radius 1 is 0.714 bits per heavy atom. The summed E-state index contributed by atoms with van der Waals surface area (Å²) in [5.74, 6) is 0.313. The average Bonchev–Trinajstić information content (AvgIpc) is 3.27. The van der Waals surface area contributed by atoms with Crippen molar-refractivity contribution in [3.63, 3.8) is 0 Å². The standard InChI is InChI=1S/C53H47N3/c1-4-16-39-24-25-45-46(52(39)36(2)3)26-27-47-48(45)34-40(43-32-41(37-17-8-5-9-18-37)31-42(33-43)38-19-10-6-11-20-38)21-14-15-30-55-51-29-28-50(49(35-54)53(47)51)56-44-22-12-7-13-23-44/h4-5,7-10,12-36,54-56H,6,11H2,1-3H3/b16-4-,21-14-,30-15+,40-34+,54-35?. The maximum atomic E-state index is 8.87. The van der Waals surface area contributed by atoms with Gasteiger partial charge in [0.2, 0.25) is 0 Å². The molecule has 0 bridgehead atoms. The molecule has 3 N–H and O–H groups in total. The van der Waals surface area contributed by atoms with Gasteiger partial charge in [0, 0.05) is 40.6 Å². The van der Waals surface area contributed by atoms with Crippen LogP contribution in [0.2, 0.25) is 0 Å². The summed E-state index contributed by atoms with van der Waals surface area (Å²) >= 11 is 0. The number of allylic oxidation sites excluding steroid dienone is 9. The Morgan fingerprint density at radius 2 is 1.46 bits per heavy atom. The minimum Gasteiger partial charge on any atom is -0.361 e. The number of hydrogen-bond donors (Lipinski definition) is 3. The van der Waals surface area contributed by atoms with Crippen LogP contribution >= 0.6 is 0 Å². The van der Waals surface area contributed by atoms with E-state index in [1.165, 1.54) is 50.4 Å². The quantitative estimate of drug-likeness (QED) is 0.137. The molecule has 3 heteroatoms. The highest BCUT2D eigenvalue weighted by molar-refractivity contribution is 6.10. The van der Waals surface area contributed by atoms with Gasteiger partial charge in [0.1, 0.15) is 0 Å². The predicted octanol–water partition coefficient (Wildman–Crippen LogP) is 14.8. The van der Waals surface area contributed by atoms with Crippen molar-refractivity contribution in [1.29, 1.82) is 5.41 Å². The molecule has 0 saturated heterocycles. The Kier molecular flexibility index (Phi) is 10.6. The van der Waals surface area contributed by atoms with Gasteiger partial charge in [-0.1, -0.05) is 129 Å². The summed E-state index contributed by atoms with van der Waals surface area (Å²) in [7, 11) is 0. The second-order valence-corrected chi connectivity index (χ2v) is 14.7. The second kappa shape index (κ2) is 16.3. The highest BCUT2D eigenvalue weighted by Gasteiger charge is 2.21. The summed E-state index contributed by atoms with van der Waals surface area (Å²) in [5.41, 5.74) is 16.4. The fourth-order valence-electron chi connectivity index (χ4n) is 8.10. The molecule has 0 fully saturated rings. The van der Waals surface area contributed by atoms with E-state index >= 15 is 0 Å². The minimum absolute atomic E-state index is 0.313. The fraction of sp³-hybridized carbons (Fsp3) is 0.113. The molecular weight excluding hydrogens is 679 g/mol. The zero-order chi connectivity index (χ0) is 38.4. The maximum Gasteiger partial charge on any atom is 0.0481 e. The van der Waals surface area contributed by atoms with Crippen molar-refractivity contribution in [2.45, 2.75) is 39.5 Å². The predicted molar refractivity (Wildman–Crippen MR) is 244 cm³/mol. The number of hydrogen-bond acceptors (Lipinski definition) is 3. The van der Waals surface area contributed by atoms with Gasteiger partial charge in [-0.05, 0) is 147 Å². The van der Waals surface area contributed by atoms with Crippen molar-refractivity contribution in [2.24, 2.45) is 0 Å². The third-order valence-corrected chi connectivity index (χ3v) is 10.7. The van der Waals surface area contributed by atoms with Crippen LogP contribution in [0.5, 0.6) is 0 Å². The van der Waals surface area contributed by atoms with Crippen LogP contribution in [-0.4, -0.2) is 6.21 Å². The molecule has 56 heavy (non-hydrogen) atoms. The van der Waals surface area contributed by atoms with Gasteiger partial charge in [-0.2, -0.15) is 0 Å². The van der Waals surface area contributed by atoms with Crippen LogP contribution < -0.4 is 10.6 Å². The molecule has 1 aliphatic heterocycles.